The fourth-order valence-electron chi connectivity index (χ4n) is 2.44. The van der Waals surface area contributed by atoms with Crippen molar-refractivity contribution in [2.45, 2.75) is 37.2 Å². The minimum Gasteiger partial charge on any atom is -0.388 e. The second-order valence-corrected chi connectivity index (χ2v) is 8.85. The van der Waals surface area contributed by atoms with Crippen molar-refractivity contribution in [3.8, 4) is 0 Å². The lowest BCUT2D eigenvalue weighted by Gasteiger charge is -2.34. The molecule has 20 heavy (non-hydrogen) atoms. The van der Waals surface area contributed by atoms with E-state index < -0.39 is 15.6 Å². The van der Waals surface area contributed by atoms with Crippen LogP contribution in [0.15, 0.2) is 11.0 Å². The normalized spacial score (nSPS) is 19.4. The molecule has 0 unspecified atom stereocenters. The zero-order chi connectivity index (χ0) is 15.0. The van der Waals surface area contributed by atoms with Crippen LogP contribution in [0.2, 0.25) is 0 Å². The molecule has 0 amide bonds. The molecule has 1 aliphatic rings. The predicted molar refractivity (Wildman–Crippen MR) is 78.6 cm³/mol. The van der Waals surface area contributed by atoms with Gasteiger partial charge in [-0.25, -0.2) is 8.42 Å². The maximum atomic E-state index is 12.6. The number of rotatable bonds is 4. The molecule has 0 saturated carbocycles. The Balaban J connectivity index is 2.19. The van der Waals surface area contributed by atoms with Crippen molar-refractivity contribution < 1.29 is 18.3 Å². The molecular formula is C13H21NO4S2. The number of hydrogen-bond acceptors (Lipinski definition) is 5. The van der Waals surface area contributed by atoms with Crippen molar-refractivity contribution in [1.29, 1.82) is 0 Å². The Bertz CT molecular complexity index is 573. The molecule has 5 nitrogen and oxygen atoms in total. The summed E-state index contributed by atoms with van der Waals surface area (Å²) in [6, 6.07) is 1.69. The van der Waals surface area contributed by atoms with Crippen molar-refractivity contribution in [1.82, 2.24) is 4.31 Å². The highest BCUT2D eigenvalue weighted by molar-refractivity contribution is 7.89. The number of ether oxygens (including phenoxy) is 1. The minimum atomic E-state index is -3.54. The molecule has 0 atom stereocenters. The number of likely N-dealkylation sites (N-methyl/N-ethyl adjacent to an activating group) is 1. The van der Waals surface area contributed by atoms with E-state index in [-0.39, 0.29) is 6.54 Å². The third-order valence-electron chi connectivity index (χ3n) is 3.62. The van der Waals surface area contributed by atoms with Crippen LogP contribution in [0.4, 0.5) is 0 Å². The van der Waals surface area contributed by atoms with E-state index in [1.54, 1.807) is 6.07 Å². The van der Waals surface area contributed by atoms with E-state index in [2.05, 4.69) is 0 Å². The number of hydrogen-bond donors (Lipinski definition) is 1. The van der Waals surface area contributed by atoms with Gasteiger partial charge >= 0.3 is 0 Å². The summed E-state index contributed by atoms with van der Waals surface area (Å²) >= 11 is 1.47. The highest BCUT2D eigenvalue weighted by Gasteiger charge is 2.35. The van der Waals surface area contributed by atoms with Crippen LogP contribution in [0.3, 0.4) is 0 Å². The van der Waals surface area contributed by atoms with Gasteiger partial charge in [0.2, 0.25) is 10.0 Å². The highest BCUT2D eigenvalue weighted by Crippen LogP contribution is 2.29. The van der Waals surface area contributed by atoms with E-state index >= 15 is 0 Å². The molecule has 114 valence electrons. The van der Waals surface area contributed by atoms with Crippen LogP contribution >= 0.6 is 11.3 Å². The summed E-state index contributed by atoms with van der Waals surface area (Å²) in [6.07, 6.45) is 0.934. The number of nitrogens with zero attached hydrogens (tertiary/aromatic N) is 1. The van der Waals surface area contributed by atoms with E-state index in [4.69, 9.17) is 4.74 Å². The van der Waals surface area contributed by atoms with Crippen LogP contribution in [0.25, 0.3) is 0 Å². The standard InChI is InChI=1S/C13H21NO4S2/c1-10-8-12(11(2)19-10)20(16,17)14(3)9-13(15)4-6-18-7-5-13/h8,15H,4-7,9H2,1-3H3. The zero-order valence-electron chi connectivity index (χ0n) is 12.0. The molecule has 2 heterocycles. The second kappa shape index (κ2) is 5.73. The molecule has 1 saturated heterocycles. The Hall–Kier alpha value is -0.470. The average molecular weight is 319 g/mol. The number of sulfonamides is 1. The van der Waals surface area contributed by atoms with Crippen LogP contribution in [0.1, 0.15) is 22.6 Å². The number of aryl methyl sites for hydroxylation is 2. The largest absolute Gasteiger partial charge is 0.388 e. The molecule has 0 bridgehead atoms. The van der Waals surface area contributed by atoms with Gasteiger partial charge in [-0.05, 0) is 19.9 Å². The monoisotopic (exact) mass is 319 g/mol. The first-order valence-corrected chi connectivity index (χ1v) is 8.84. The molecule has 0 aromatic carbocycles. The van der Waals surface area contributed by atoms with Gasteiger partial charge in [-0.1, -0.05) is 0 Å². The zero-order valence-corrected chi connectivity index (χ0v) is 13.7. The van der Waals surface area contributed by atoms with E-state index in [9.17, 15) is 13.5 Å². The van der Waals surface area contributed by atoms with Crippen molar-refractivity contribution in [2.24, 2.45) is 0 Å². The molecule has 7 heteroatoms. The summed E-state index contributed by atoms with van der Waals surface area (Å²) in [5.41, 5.74) is -0.987. The fourth-order valence-corrected chi connectivity index (χ4v) is 5.21. The van der Waals surface area contributed by atoms with Crippen molar-refractivity contribution >= 4 is 21.4 Å². The van der Waals surface area contributed by atoms with Crippen LogP contribution in [0, 0.1) is 13.8 Å². The maximum absolute atomic E-state index is 12.6. The van der Waals surface area contributed by atoms with Gasteiger partial charge < -0.3 is 9.84 Å². The lowest BCUT2D eigenvalue weighted by atomic mass is 9.95. The van der Waals surface area contributed by atoms with Crippen molar-refractivity contribution in [3.05, 3.63) is 15.8 Å². The Morgan fingerprint density at radius 3 is 2.50 bits per heavy atom. The van der Waals surface area contributed by atoms with Gasteiger partial charge in [-0.3, -0.25) is 0 Å². The summed E-state index contributed by atoms with van der Waals surface area (Å²) in [5.74, 6) is 0. The van der Waals surface area contributed by atoms with Gasteiger partial charge in [-0.15, -0.1) is 11.3 Å². The molecule has 1 fully saturated rings. The Labute approximate surface area is 124 Å². The smallest absolute Gasteiger partial charge is 0.244 e. The molecule has 0 spiro atoms. The molecule has 2 rings (SSSR count). The van der Waals surface area contributed by atoms with E-state index in [1.165, 1.54) is 22.7 Å². The van der Waals surface area contributed by atoms with Crippen LogP contribution < -0.4 is 0 Å². The lowest BCUT2D eigenvalue weighted by molar-refractivity contribution is -0.0689. The van der Waals surface area contributed by atoms with E-state index in [0.717, 1.165) is 9.75 Å². The first-order chi connectivity index (χ1) is 9.24. The van der Waals surface area contributed by atoms with Crippen LogP contribution in [-0.2, 0) is 14.8 Å². The van der Waals surface area contributed by atoms with Gasteiger partial charge in [0.15, 0.2) is 0 Å². The molecule has 1 aliphatic heterocycles. The summed E-state index contributed by atoms with van der Waals surface area (Å²) < 4.78 is 31.6. The average Bonchev–Trinajstić information content (AvgIpc) is 2.69. The predicted octanol–water partition coefficient (Wildman–Crippen LogP) is 1.53. The molecule has 1 N–H and O–H groups in total. The minimum absolute atomic E-state index is 0.104. The lowest BCUT2D eigenvalue weighted by Crippen LogP contribution is -2.47. The van der Waals surface area contributed by atoms with Crippen LogP contribution in [0.5, 0.6) is 0 Å². The maximum Gasteiger partial charge on any atom is 0.244 e. The SMILES string of the molecule is Cc1cc(S(=O)(=O)N(C)CC2(O)CCOCC2)c(C)s1. The first kappa shape index (κ1) is 15.9. The van der Waals surface area contributed by atoms with Gasteiger partial charge in [0.05, 0.1) is 10.5 Å². The molecule has 0 radical (unpaired) electrons. The number of thiophene rings is 1. The quantitative estimate of drug-likeness (QED) is 0.914. The molecule has 1 aromatic rings. The van der Waals surface area contributed by atoms with E-state index in [1.807, 2.05) is 13.8 Å². The molecule has 0 aliphatic carbocycles. The third-order valence-corrected chi connectivity index (χ3v) is 6.65. The summed E-state index contributed by atoms with van der Waals surface area (Å²) in [7, 11) is -2.02. The fraction of sp³-hybridized carbons (Fsp3) is 0.692. The topological polar surface area (TPSA) is 66.8 Å². The van der Waals surface area contributed by atoms with Gasteiger partial charge in [0.25, 0.3) is 0 Å². The highest BCUT2D eigenvalue weighted by atomic mass is 32.2. The van der Waals surface area contributed by atoms with Gasteiger partial charge in [0, 0.05) is 49.4 Å². The van der Waals surface area contributed by atoms with Crippen molar-refractivity contribution in [3.63, 3.8) is 0 Å². The van der Waals surface area contributed by atoms with E-state index in [0.29, 0.717) is 31.0 Å². The van der Waals surface area contributed by atoms with Gasteiger partial charge in [0.1, 0.15) is 0 Å². The van der Waals surface area contributed by atoms with Crippen molar-refractivity contribution in [2.75, 3.05) is 26.8 Å². The summed E-state index contributed by atoms with van der Waals surface area (Å²) in [4.78, 5) is 2.10. The Morgan fingerprint density at radius 2 is 2.00 bits per heavy atom. The first-order valence-electron chi connectivity index (χ1n) is 6.58. The number of aliphatic hydroxyl groups is 1. The Kier molecular flexibility index (Phi) is 4.56. The summed E-state index contributed by atoms with van der Waals surface area (Å²) in [6.45, 7) is 4.75. The second-order valence-electron chi connectivity index (χ2n) is 5.38. The molecular weight excluding hydrogens is 298 g/mol. The Morgan fingerprint density at radius 1 is 1.40 bits per heavy atom. The third kappa shape index (κ3) is 3.23. The van der Waals surface area contributed by atoms with Gasteiger partial charge in [-0.2, -0.15) is 4.31 Å². The molecule has 1 aromatic heterocycles. The summed E-state index contributed by atoms with van der Waals surface area (Å²) in [5, 5.41) is 10.4. The van der Waals surface area contributed by atoms with Crippen LogP contribution in [-0.4, -0.2) is 50.2 Å².